The number of nitrogens with zero attached hydrogens (tertiary/aromatic N) is 2. The summed E-state index contributed by atoms with van der Waals surface area (Å²) in [6.45, 7) is 4.64. The van der Waals surface area contributed by atoms with Crippen LogP contribution in [0.1, 0.15) is 45.7 Å². The van der Waals surface area contributed by atoms with Crippen LogP contribution in [0, 0.1) is 0 Å². The monoisotopic (exact) mass is 422 g/mol. The topological polar surface area (TPSA) is 41.9 Å². The van der Waals surface area contributed by atoms with Crippen LogP contribution in [0.5, 0.6) is 0 Å². The molecule has 0 aliphatic rings. The molecule has 0 spiro atoms. The van der Waals surface area contributed by atoms with Crippen LogP contribution in [-0.2, 0) is 13.1 Å². The van der Waals surface area contributed by atoms with Crippen molar-refractivity contribution in [3.8, 4) is 11.1 Å². The summed E-state index contributed by atoms with van der Waals surface area (Å²) in [7, 11) is 0. The van der Waals surface area contributed by atoms with E-state index < -0.39 is 0 Å². The molecule has 0 atom stereocenters. The third-order valence-electron chi connectivity index (χ3n) is 5.51. The first-order valence-corrected chi connectivity index (χ1v) is 10.7. The smallest absolute Gasteiger partial charge is 0.173 e. The molecule has 2 heterocycles. The first-order chi connectivity index (χ1) is 15.5. The van der Waals surface area contributed by atoms with E-state index in [1.54, 1.807) is 13.8 Å². The molecule has 4 rings (SSSR count). The number of carbonyl (C=O) groups excluding carboxylic acids is 2. The van der Waals surface area contributed by atoms with Gasteiger partial charge in [0.05, 0.1) is 0 Å². The van der Waals surface area contributed by atoms with Crippen molar-refractivity contribution in [2.24, 2.45) is 0 Å². The van der Waals surface area contributed by atoms with E-state index in [1.165, 1.54) is 22.3 Å². The highest BCUT2D eigenvalue weighted by Gasteiger charge is 2.09. The van der Waals surface area contributed by atoms with E-state index in [0.717, 1.165) is 24.2 Å². The minimum absolute atomic E-state index is 0.0759. The molecule has 4 heteroatoms. The Kier molecular flexibility index (Phi) is 6.31. The van der Waals surface area contributed by atoms with E-state index in [4.69, 9.17) is 0 Å². The van der Waals surface area contributed by atoms with Gasteiger partial charge in [-0.2, -0.15) is 0 Å². The average molecular weight is 423 g/mol. The Hall–Kier alpha value is -3.92. The maximum atomic E-state index is 11.5. The zero-order valence-electron chi connectivity index (χ0n) is 18.4. The van der Waals surface area contributed by atoms with Crippen LogP contribution < -0.4 is 9.13 Å². The molecule has 4 nitrogen and oxygen atoms in total. The fourth-order valence-corrected chi connectivity index (χ4v) is 3.72. The number of rotatable bonds is 7. The molecule has 32 heavy (non-hydrogen) atoms. The molecular weight excluding hydrogens is 396 g/mol. The Morgan fingerprint density at radius 1 is 0.594 bits per heavy atom. The van der Waals surface area contributed by atoms with Gasteiger partial charge >= 0.3 is 0 Å². The molecule has 4 aromatic rings. The van der Waals surface area contributed by atoms with Gasteiger partial charge in [-0.25, -0.2) is 9.13 Å². The Balaban J connectivity index is 1.51. The molecule has 0 saturated heterocycles. The van der Waals surface area contributed by atoms with Crippen LogP contribution in [0.2, 0.25) is 0 Å². The molecule has 0 amide bonds. The van der Waals surface area contributed by atoms with Gasteiger partial charge in [-0.3, -0.25) is 9.59 Å². The Morgan fingerprint density at radius 3 is 1.31 bits per heavy atom. The fourth-order valence-electron chi connectivity index (χ4n) is 3.72. The van der Waals surface area contributed by atoms with Crippen molar-refractivity contribution in [3.63, 3.8) is 0 Å². The molecule has 0 bridgehead atoms. The number of hydrogen-bond acceptors (Lipinski definition) is 2. The van der Waals surface area contributed by atoms with Gasteiger partial charge in [0.25, 0.3) is 0 Å². The van der Waals surface area contributed by atoms with Gasteiger partial charge in [-0.1, -0.05) is 36.4 Å². The predicted octanol–water partition coefficient (Wildman–Crippen LogP) is 4.43. The fraction of sp³-hybridized carbons (Fsp3) is 0.143. The number of aromatic nitrogens is 2. The second-order valence-corrected chi connectivity index (χ2v) is 8.03. The minimum Gasteiger partial charge on any atom is -0.295 e. The highest BCUT2D eigenvalue weighted by Crippen LogP contribution is 2.22. The lowest BCUT2D eigenvalue weighted by Crippen LogP contribution is -2.33. The number of hydrogen-bond donors (Lipinski definition) is 0. The summed E-state index contributed by atoms with van der Waals surface area (Å²) in [5.41, 5.74) is 6.18. The molecule has 0 unspecified atom stereocenters. The molecular formula is C28H26N2O2+2. The summed E-state index contributed by atoms with van der Waals surface area (Å²) in [4.78, 5) is 23.0. The van der Waals surface area contributed by atoms with Crippen molar-refractivity contribution < 1.29 is 18.7 Å². The van der Waals surface area contributed by atoms with E-state index in [2.05, 4.69) is 57.7 Å². The minimum atomic E-state index is 0.0759. The molecule has 0 fully saturated rings. The average Bonchev–Trinajstić information content (AvgIpc) is 2.80. The van der Waals surface area contributed by atoms with Crippen molar-refractivity contribution in [2.45, 2.75) is 26.9 Å². The molecule has 0 saturated carbocycles. The number of Topliss-reactive ketones (excluding diaryl/α,β-unsaturated/α-hetero) is 2. The maximum Gasteiger partial charge on any atom is 0.173 e. The molecule has 2 aromatic heterocycles. The maximum absolute atomic E-state index is 11.5. The molecule has 0 aliphatic carbocycles. The normalized spacial score (nSPS) is 10.7. The van der Waals surface area contributed by atoms with Gasteiger partial charge in [0.2, 0.25) is 0 Å². The summed E-state index contributed by atoms with van der Waals surface area (Å²) in [5.74, 6) is 0.152. The second kappa shape index (κ2) is 9.48. The Bertz CT molecular complexity index is 1160. The van der Waals surface area contributed by atoms with Gasteiger partial charge in [0.1, 0.15) is 0 Å². The van der Waals surface area contributed by atoms with Gasteiger partial charge < -0.3 is 0 Å². The van der Waals surface area contributed by atoms with Crippen LogP contribution in [-0.4, -0.2) is 11.6 Å². The molecule has 0 aliphatic heterocycles. The van der Waals surface area contributed by atoms with Gasteiger partial charge in [0, 0.05) is 46.5 Å². The number of benzene rings is 2. The summed E-state index contributed by atoms with van der Waals surface area (Å²) < 4.78 is 4.15. The number of ketones is 2. The third-order valence-corrected chi connectivity index (χ3v) is 5.51. The van der Waals surface area contributed by atoms with Crippen LogP contribution in [0.4, 0.5) is 0 Å². The summed E-state index contributed by atoms with van der Waals surface area (Å²) in [6, 6.07) is 24.5. The second-order valence-electron chi connectivity index (χ2n) is 8.03. The van der Waals surface area contributed by atoms with E-state index in [1.807, 2.05) is 49.1 Å². The SMILES string of the molecule is CC(=O)c1cc[n+](Cc2cccc(-c3cccc(C[n+]4ccc(C(C)=O)cc4)c3)c2)cc1. The van der Waals surface area contributed by atoms with Gasteiger partial charge in [-0.15, -0.1) is 0 Å². The van der Waals surface area contributed by atoms with Crippen molar-refractivity contribution in [1.29, 1.82) is 0 Å². The molecule has 158 valence electrons. The quantitative estimate of drug-likeness (QED) is 0.327. The van der Waals surface area contributed by atoms with Crippen LogP contribution in [0.3, 0.4) is 0 Å². The lowest BCUT2D eigenvalue weighted by atomic mass is 10.0. The Morgan fingerprint density at radius 2 is 0.969 bits per heavy atom. The summed E-state index contributed by atoms with van der Waals surface area (Å²) in [5, 5.41) is 0. The van der Waals surface area contributed by atoms with E-state index in [0.29, 0.717) is 0 Å². The number of carbonyl (C=O) groups is 2. The van der Waals surface area contributed by atoms with Crippen LogP contribution >= 0.6 is 0 Å². The largest absolute Gasteiger partial charge is 0.295 e. The highest BCUT2D eigenvalue weighted by atomic mass is 16.1. The standard InChI is InChI=1S/C28H26N2O2/c1-21(31)25-9-13-29(14-10-25)19-23-5-3-7-27(17-23)28-8-4-6-24(18-28)20-30-15-11-26(12-16-30)22(2)32/h3-18H,19-20H2,1-2H3/q+2. The lowest BCUT2D eigenvalue weighted by Gasteiger charge is -2.06. The Labute approximate surface area is 188 Å². The predicted molar refractivity (Wildman–Crippen MR) is 123 cm³/mol. The molecule has 0 radical (unpaired) electrons. The first-order valence-electron chi connectivity index (χ1n) is 10.7. The van der Waals surface area contributed by atoms with Crippen molar-refractivity contribution >= 4 is 11.6 Å². The summed E-state index contributed by atoms with van der Waals surface area (Å²) >= 11 is 0. The van der Waals surface area contributed by atoms with Gasteiger partial charge in [-0.05, 0) is 37.1 Å². The summed E-state index contributed by atoms with van der Waals surface area (Å²) in [6.07, 6.45) is 7.77. The number of pyridine rings is 2. The van der Waals surface area contributed by atoms with Crippen molar-refractivity contribution in [2.75, 3.05) is 0 Å². The van der Waals surface area contributed by atoms with Crippen LogP contribution in [0.25, 0.3) is 11.1 Å². The molecule has 2 aromatic carbocycles. The first kappa shape index (κ1) is 21.3. The zero-order valence-corrected chi connectivity index (χ0v) is 18.4. The van der Waals surface area contributed by atoms with Crippen molar-refractivity contribution in [1.82, 2.24) is 0 Å². The molecule has 0 N–H and O–H groups in total. The van der Waals surface area contributed by atoms with Gasteiger partial charge in [0.15, 0.2) is 49.4 Å². The third kappa shape index (κ3) is 5.22. The zero-order chi connectivity index (χ0) is 22.5. The van der Waals surface area contributed by atoms with Crippen LogP contribution in [0.15, 0.2) is 97.6 Å². The van der Waals surface area contributed by atoms with E-state index >= 15 is 0 Å². The van der Waals surface area contributed by atoms with E-state index in [9.17, 15) is 9.59 Å². The van der Waals surface area contributed by atoms with Crippen molar-refractivity contribution in [3.05, 3.63) is 120 Å². The van der Waals surface area contributed by atoms with E-state index in [-0.39, 0.29) is 11.6 Å². The lowest BCUT2D eigenvalue weighted by molar-refractivity contribution is -0.688. The highest BCUT2D eigenvalue weighted by molar-refractivity contribution is 5.94.